The van der Waals surface area contributed by atoms with Crippen molar-refractivity contribution >= 4 is 50.8 Å². The molecule has 148 valence electrons. The summed E-state index contributed by atoms with van der Waals surface area (Å²) in [7, 11) is 1.23. The Morgan fingerprint density at radius 3 is 2.39 bits per heavy atom. The number of ether oxygens (including phenoxy) is 1. The number of hydrogen-bond donors (Lipinski definition) is 0. The summed E-state index contributed by atoms with van der Waals surface area (Å²) in [5.74, 6) is -0.582. The van der Waals surface area contributed by atoms with Crippen LogP contribution in [0.1, 0.15) is 27.9 Å². The molecule has 0 spiro atoms. The summed E-state index contributed by atoms with van der Waals surface area (Å²) in [6.45, 7) is 0. The number of nitrogens with zero attached hydrogens (tertiary/aromatic N) is 1. The van der Waals surface area contributed by atoms with Crippen LogP contribution in [0.2, 0.25) is 10.0 Å². The SMILES string of the molecule is COC(=O)c1ccc(C2=NOC(c3cc(Cl)cc(Cl)c3)(C(F)(F)F)C2)cc1Br. The van der Waals surface area contributed by atoms with Gasteiger partial charge in [0.15, 0.2) is 0 Å². The van der Waals surface area contributed by atoms with Crippen molar-refractivity contribution in [1.29, 1.82) is 0 Å². The first kappa shape index (κ1) is 21.0. The normalized spacial score (nSPS) is 19.2. The Balaban J connectivity index is 2.00. The first-order chi connectivity index (χ1) is 13.1. The lowest BCUT2D eigenvalue weighted by atomic mass is 9.86. The summed E-state index contributed by atoms with van der Waals surface area (Å²) in [5, 5.41) is 3.77. The van der Waals surface area contributed by atoms with Crippen LogP contribution in [0.4, 0.5) is 13.2 Å². The number of benzene rings is 2. The van der Waals surface area contributed by atoms with Crippen LogP contribution in [-0.2, 0) is 15.2 Å². The molecule has 0 N–H and O–H groups in total. The van der Waals surface area contributed by atoms with Crippen molar-refractivity contribution in [1.82, 2.24) is 0 Å². The molecule has 1 atom stereocenters. The third-order valence-corrected chi connectivity index (χ3v) is 5.31. The summed E-state index contributed by atoms with van der Waals surface area (Å²) in [5.41, 5.74) is -2.31. The van der Waals surface area contributed by atoms with Crippen LogP contribution in [0.3, 0.4) is 0 Å². The predicted octanol–water partition coefficient (Wildman–Crippen LogP) is 6.12. The highest BCUT2D eigenvalue weighted by Crippen LogP contribution is 2.49. The molecule has 3 rings (SSSR count). The molecule has 0 fully saturated rings. The van der Waals surface area contributed by atoms with Crippen molar-refractivity contribution in [2.45, 2.75) is 18.2 Å². The van der Waals surface area contributed by atoms with Crippen molar-refractivity contribution in [2.24, 2.45) is 5.16 Å². The van der Waals surface area contributed by atoms with Crippen LogP contribution in [0.5, 0.6) is 0 Å². The number of rotatable bonds is 3. The Labute approximate surface area is 176 Å². The molecule has 0 bridgehead atoms. The fourth-order valence-electron chi connectivity index (χ4n) is 2.82. The maximum absolute atomic E-state index is 14.0. The summed E-state index contributed by atoms with van der Waals surface area (Å²) in [4.78, 5) is 16.6. The van der Waals surface area contributed by atoms with Gasteiger partial charge < -0.3 is 9.57 Å². The predicted molar refractivity (Wildman–Crippen MR) is 102 cm³/mol. The average molecular weight is 497 g/mol. The van der Waals surface area contributed by atoms with Gasteiger partial charge in [0.1, 0.15) is 0 Å². The highest BCUT2D eigenvalue weighted by Gasteiger charge is 2.62. The minimum absolute atomic E-state index is 0.0494. The van der Waals surface area contributed by atoms with E-state index in [9.17, 15) is 18.0 Å². The van der Waals surface area contributed by atoms with Gasteiger partial charge in [-0.1, -0.05) is 34.4 Å². The number of hydrogen-bond acceptors (Lipinski definition) is 4. The van der Waals surface area contributed by atoms with Gasteiger partial charge in [-0.3, -0.25) is 0 Å². The van der Waals surface area contributed by atoms with E-state index in [1.54, 1.807) is 0 Å². The summed E-state index contributed by atoms with van der Waals surface area (Å²) < 4.78 is 47.0. The van der Waals surface area contributed by atoms with Gasteiger partial charge in [-0.05, 0) is 46.3 Å². The van der Waals surface area contributed by atoms with Gasteiger partial charge in [0.2, 0.25) is 0 Å². The van der Waals surface area contributed by atoms with Gasteiger partial charge in [-0.15, -0.1) is 0 Å². The lowest BCUT2D eigenvalue weighted by Crippen LogP contribution is -2.42. The Hall–Kier alpha value is -1.77. The Kier molecular flexibility index (Phi) is 5.67. The zero-order valence-electron chi connectivity index (χ0n) is 14.1. The van der Waals surface area contributed by atoms with E-state index in [1.807, 2.05) is 0 Å². The van der Waals surface area contributed by atoms with E-state index >= 15 is 0 Å². The lowest BCUT2D eigenvalue weighted by molar-refractivity contribution is -0.275. The van der Waals surface area contributed by atoms with Crippen LogP contribution >= 0.6 is 39.1 Å². The summed E-state index contributed by atoms with van der Waals surface area (Å²) in [6.07, 6.45) is -5.37. The number of alkyl halides is 3. The van der Waals surface area contributed by atoms with Crippen LogP contribution < -0.4 is 0 Å². The maximum Gasteiger partial charge on any atom is 0.435 e. The molecule has 1 unspecified atom stereocenters. The number of methoxy groups -OCH3 is 1. The molecule has 0 saturated heterocycles. The second-order valence-electron chi connectivity index (χ2n) is 5.98. The quantitative estimate of drug-likeness (QED) is 0.480. The number of carbonyl (C=O) groups is 1. The van der Waals surface area contributed by atoms with Crippen molar-refractivity contribution in [3.8, 4) is 0 Å². The molecule has 0 saturated carbocycles. The highest BCUT2D eigenvalue weighted by atomic mass is 79.9. The van der Waals surface area contributed by atoms with Crippen LogP contribution in [-0.4, -0.2) is 25.0 Å². The molecule has 2 aromatic rings. The molecule has 0 aliphatic carbocycles. The Bertz CT molecular complexity index is 961. The van der Waals surface area contributed by atoms with Crippen molar-refractivity contribution < 1.29 is 27.5 Å². The molecule has 28 heavy (non-hydrogen) atoms. The third kappa shape index (κ3) is 3.73. The molecule has 2 aromatic carbocycles. The fourth-order valence-corrected chi connectivity index (χ4v) is 3.88. The molecule has 4 nitrogen and oxygen atoms in total. The molecule has 0 radical (unpaired) electrons. The smallest absolute Gasteiger partial charge is 0.435 e. The number of halogens is 6. The maximum atomic E-state index is 14.0. The third-order valence-electron chi connectivity index (χ3n) is 4.22. The van der Waals surface area contributed by atoms with Crippen molar-refractivity contribution in [2.75, 3.05) is 7.11 Å². The van der Waals surface area contributed by atoms with Crippen LogP contribution in [0.15, 0.2) is 46.0 Å². The molecule has 1 aliphatic heterocycles. The van der Waals surface area contributed by atoms with E-state index in [0.29, 0.717) is 10.0 Å². The zero-order valence-corrected chi connectivity index (χ0v) is 17.2. The number of carbonyl (C=O) groups excluding carboxylic acids is 1. The van der Waals surface area contributed by atoms with E-state index in [1.165, 1.54) is 31.4 Å². The second kappa shape index (κ2) is 7.57. The summed E-state index contributed by atoms with van der Waals surface area (Å²) >= 11 is 15.0. The van der Waals surface area contributed by atoms with Gasteiger partial charge in [0.05, 0.1) is 18.4 Å². The minimum atomic E-state index is -4.78. The standard InChI is InChI=1S/C18H11BrCl2F3NO3/c1-27-16(26)13-3-2-9(4-14(13)19)15-8-17(28-25-15,18(22,23)24)10-5-11(20)7-12(21)6-10/h2-7H,8H2,1H3. The lowest BCUT2D eigenvalue weighted by Gasteiger charge is -2.29. The van der Waals surface area contributed by atoms with Crippen LogP contribution in [0.25, 0.3) is 0 Å². The topological polar surface area (TPSA) is 47.9 Å². The molecule has 0 aromatic heterocycles. The molecule has 0 amide bonds. The summed E-state index contributed by atoms with van der Waals surface area (Å²) in [6, 6.07) is 8.00. The van der Waals surface area contributed by atoms with E-state index in [4.69, 9.17) is 28.0 Å². The van der Waals surface area contributed by atoms with E-state index in [0.717, 1.165) is 12.1 Å². The van der Waals surface area contributed by atoms with Gasteiger partial charge in [0, 0.05) is 32.1 Å². The van der Waals surface area contributed by atoms with Crippen LogP contribution in [0, 0.1) is 0 Å². The van der Waals surface area contributed by atoms with Gasteiger partial charge >= 0.3 is 12.1 Å². The van der Waals surface area contributed by atoms with E-state index < -0.39 is 24.2 Å². The Morgan fingerprint density at radius 1 is 1.21 bits per heavy atom. The number of esters is 1. The van der Waals surface area contributed by atoms with Gasteiger partial charge in [-0.25, -0.2) is 4.79 Å². The van der Waals surface area contributed by atoms with Crippen molar-refractivity contribution in [3.63, 3.8) is 0 Å². The van der Waals surface area contributed by atoms with Gasteiger partial charge in [0.25, 0.3) is 5.60 Å². The largest absolute Gasteiger partial charge is 0.465 e. The van der Waals surface area contributed by atoms with E-state index in [-0.39, 0.29) is 26.9 Å². The molecule has 10 heteroatoms. The second-order valence-corrected chi connectivity index (χ2v) is 7.70. The fraction of sp³-hybridized carbons (Fsp3) is 0.222. The average Bonchev–Trinajstić information content (AvgIpc) is 3.07. The zero-order chi connectivity index (χ0) is 20.7. The molecule has 1 heterocycles. The number of oxime groups is 1. The molecular formula is C18H11BrCl2F3NO3. The molecule has 1 aliphatic rings. The molecular weight excluding hydrogens is 486 g/mol. The minimum Gasteiger partial charge on any atom is -0.465 e. The first-order valence-corrected chi connectivity index (χ1v) is 9.29. The van der Waals surface area contributed by atoms with E-state index in [2.05, 4.69) is 25.8 Å². The Morgan fingerprint density at radius 2 is 1.86 bits per heavy atom. The first-order valence-electron chi connectivity index (χ1n) is 7.74. The van der Waals surface area contributed by atoms with Crippen molar-refractivity contribution in [3.05, 3.63) is 67.6 Å². The van der Waals surface area contributed by atoms with Gasteiger partial charge in [-0.2, -0.15) is 13.2 Å². The monoisotopic (exact) mass is 495 g/mol. The highest BCUT2D eigenvalue weighted by molar-refractivity contribution is 9.10.